The molecule has 0 radical (unpaired) electrons. The summed E-state index contributed by atoms with van der Waals surface area (Å²) in [5.41, 5.74) is 0.816. The van der Waals surface area contributed by atoms with Crippen molar-refractivity contribution in [1.82, 2.24) is 10.2 Å². The lowest BCUT2D eigenvalue weighted by molar-refractivity contribution is 0.0607. The smallest absolute Gasteiger partial charge is 0.253 e. The Labute approximate surface area is 126 Å². The number of benzene rings is 1. The van der Waals surface area contributed by atoms with Gasteiger partial charge in [-0.05, 0) is 49.4 Å². The minimum absolute atomic E-state index is 0.0639. The zero-order valence-corrected chi connectivity index (χ0v) is 12.9. The maximum atomic E-state index is 13.4. The molecule has 2 saturated heterocycles. The molecule has 1 N–H and O–H groups in total. The van der Waals surface area contributed by atoms with Gasteiger partial charge >= 0.3 is 0 Å². The van der Waals surface area contributed by atoms with E-state index in [1.165, 1.54) is 18.6 Å². The fourth-order valence-corrected chi connectivity index (χ4v) is 3.73. The number of nitrogens with zero attached hydrogens (tertiary/aromatic N) is 1. The number of hydrogen-bond donors (Lipinski definition) is 1. The molecular weight excluding hydrogens is 323 g/mol. The maximum Gasteiger partial charge on any atom is 0.253 e. The van der Waals surface area contributed by atoms with Gasteiger partial charge in [0.1, 0.15) is 5.82 Å². The first-order valence-corrected chi connectivity index (χ1v) is 7.83. The topological polar surface area (TPSA) is 32.3 Å². The summed E-state index contributed by atoms with van der Waals surface area (Å²) in [6.07, 6.45) is 3.30. The quantitative estimate of drug-likeness (QED) is 0.852. The van der Waals surface area contributed by atoms with Gasteiger partial charge in [0.15, 0.2) is 0 Å². The van der Waals surface area contributed by atoms with Crippen molar-refractivity contribution in [1.29, 1.82) is 0 Å². The lowest BCUT2D eigenvalue weighted by Gasteiger charge is -2.38. The van der Waals surface area contributed by atoms with Crippen LogP contribution >= 0.6 is 15.9 Å². The van der Waals surface area contributed by atoms with E-state index in [1.54, 1.807) is 6.07 Å². The van der Waals surface area contributed by atoms with E-state index in [9.17, 15) is 9.18 Å². The molecule has 3 rings (SSSR count). The summed E-state index contributed by atoms with van der Waals surface area (Å²) >= 11 is 3.24. The van der Waals surface area contributed by atoms with Crippen LogP contribution in [0, 0.1) is 11.2 Å². The van der Waals surface area contributed by atoms with Crippen LogP contribution < -0.4 is 5.32 Å². The van der Waals surface area contributed by atoms with Gasteiger partial charge in [-0.25, -0.2) is 4.39 Å². The molecule has 0 bridgehead atoms. The highest BCUT2D eigenvalue weighted by atomic mass is 79.9. The highest BCUT2D eigenvalue weighted by molar-refractivity contribution is 9.10. The highest BCUT2D eigenvalue weighted by Gasteiger charge is 2.38. The van der Waals surface area contributed by atoms with Gasteiger partial charge < -0.3 is 10.2 Å². The average molecular weight is 341 g/mol. The van der Waals surface area contributed by atoms with E-state index in [1.807, 2.05) is 4.90 Å². The summed E-state index contributed by atoms with van der Waals surface area (Å²) in [6.45, 7) is 3.70. The van der Waals surface area contributed by atoms with Crippen LogP contribution in [0.5, 0.6) is 0 Å². The molecule has 108 valence electrons. The lowest BCUT2D eigenvalue weighted by Crippen LogP contribution is -2.44. The van der Waals surface area contributed by atoms with Gasteiger partial charge in [0.25, 0.3) is 5.91 Å². The van der Waals surface area contributed by atoms with Gasteiger partial charge in [-0.15, -0.1) is 0 Å². The zero-order chi connectivity index (χ0) is 14.2. The number of halogens is 2. The fourth-order valence-electron chi connectivity index (χ4n) is 3.27. The summed E-state index contributed by atoms with van der Waals surface area (Å²) in [4.78, 5) is 14.3. The first kappa shape index (κ1) is 14.0. The molecule has 1 aromatic carbocycles. The number of rotatable bonds is 1. The van der Waals surface area contributed by atoms with Crippen LogP contribution in [-0.2, 0) is 0 Å². The van der Waals surface area contributed by atoms with Gasteiger partial charge in [-0.3, -0.25) is 4.79 Å². The van der Waals surface area contributed by atoms with Crippen molar-refractivity contribution in [3.8, 4) is 0 Å². The molecule has 2 heterocycles. The monoisotopic (exact) mass is 340 g/mol. The predicted octanol–water partition coefficient (Wildman–Crippen LogP) is 2.80. The van der Waals surface area contributed by atoms with Crippen molar-refractivity contribution in [2.45, 2.75) is 19.3 Å². The van der Waals surface area contributed by atoms with Crippen LogP contribution in [0.1, 0.15) is 29.6 Å². The van der Waals surface area contributed by atoms with Crippen LogP contribution in [0.4, 0.5) is 4.39 Å². The second-order valence-corrected chi connectivity index (χ2v) is 6.79. The Morgan fingerprint density at radius 1 is 1.25 bits per heavy atom. The Morgan fingerprint density at radius 2 is 2.00 bits per heavy atom. The van der Waals surface area contributed by atoms with Gasteiger partial charge in [0, 0.05) is 29.7 Å². The van der Waals surface area contributed by atoms with E-state index >= 15 is 0 Å². The summed E-state index contributed by atoms with van der Waals surface area (Å²) < 4.78 is 14.0. The first-order chi connectivity index (χ1) is 9.58. The van der Waals surface area contributed by atoms with E-state index in [-0.39, 0.29) is 11.7 Å². The molecule has 0 aliphatic carbocycles. The number of hydrogen-bond acceptors (Lipinski definition) is 2. The summed E-state index contributed by atoms with van der Waals surface area (Å²) in [5.74, 6) is -0.442. The molecule has 0 aromatic heterocycles. The van der Waals surface area contributed by atoms with Crippen LogP contribution in [0.2, 0.25) is 0 Å². The minimum atomic E-state index is -0.379. The summed E-state index contributed by atoms with van der Waals surface area (Å²) in [7, 11) is 0. The van der Waals surface area contributed by atoms with Crippen molar-refractivity contribution < 1.29 is 9.18 Å². The van der Waals surface area contributed by atoms with Gasteiger partial charge in [-0.1, -0.05) is 15.9 Å². The average Bonchev–Trinajstić information content (AvgIpc) is 2.86. The third kappa shape index (κ3) is 2.74. The van der Waals surface area contributed by atoms with Crippen LogP contribution in [0.3, 0.4) is 0 Å². The van der Waals surface area contributed by atoms with Crippen molar-refractivity contribution in [2.75, 3.05) is 26.2 Å². The standard InChI is InChI=1S/C15H18BrFN2O/c16-12-7-11(8-13(17)9-12)14(20)19-5-2-15(3-6-19)1-4-18-10-15/h7-9,18H,1-6,10H2. The van der Waals surface area contributed by atoms with Crippen molar-refractivity contribution >= 4 is 21.8 Å². The molecule has 0 unspecified atom stereocenters. The molecule has 5 heteroatoms. The van der Waals surface area contributed by atoms with Crippen LogP contribution in [-0.4, -0.2) is 37.0 Å². The van der Waals surface area contributed by atoms with Crippen LogP contribution in [0.25, 0.3) is 0 Å². The number of nitrogens with one attached hydrogen (secondary N) is 1. The Morgan fingerprint density at radius 3 is 2.60 bits per heavy atom. The molecule has 1 aromatic rings. The number of likely N-dealkylation sites (tertiary alicyclic amines) is 1. The van der Waals surface area contributed by atoms with E-state index < -0.39 is 0 Å². The molecule has 20 heavy (non-hydrogen) atoms. The third-order valence-electron chi connectivity index (χ3n) is 4.55. The van der Waals surface area contributed by atoms with E-state index in [0.717, 1.165) is 39.0 Å². The molecule has 2 aliphatic heterocycles. The first-order valence-electron chi connectivity index (χ1n) is 7.04. The van der Waals surface area contributed by atoms with Crippen molar-refractivity contribution in [2.24, 2.45) is 5.41 Å². The molecule has 3 nitrogen and oxygen atoms in total. The van der Waals surface area contributed by atoms with Gasteiger partial charge in [0.2, 0.25) is 0 Å². The second-order valence-electron chi connectivity index (χ2n) is 5.88. The van der Waals surface area contributed by atoms with Gasteiger partial charge in [-0.2, -0.15) is 0 Å². The van der Waals surface area contributed by atoms with E-state index in [0.29, 0.717) is 15.5 Å². The van der Waals surface area contributed by atoms with E-state index in [4.69, 9.17) is 0 Å². The summed E-state index contributed by atoms with van der Waals surface area (Å²) in [6, 6.07) is 4.37. The van der Waals surface area contributed by atoms with E-state index in [2.05, 4.69) is 21.2 Å². The number of piperidine rings is 1. The third-order valence-corrected chi connectivity index (χ3v) is 5.01. The Balaban J connectivity index is 1.69. The van der Waals surface area contributed by atoms with Crippen molar-refractivity contribution in [3.63, 3.8) is 0 Å². The molecule has 0 atom stereocenters. The van der Waals surface area contributed by atoms with Crippen LogP contribution in [0.15, 0.2) is 22.7 Å². The molecular formula is C15H18BrFN2O. The number of amides is 1. The highest BCUT2D eigenvalue weighted by Crippen LogP contribution is 2.37. The Bertz CT molecular complexity index is 498. The summed E-state index contributed by atoms with van der Waals surface area (Å²) in [5, 5.41) is 3.41. The Hall–Kier alpha value is -0.940. The van der Waals surface area contributed by atoms with Gasteiger partial charge in [0.05, 0.1) is 0 Å². The van der Waals surface area contributed by atoms with Crippen molar-refractivity contribution in [3.05, 3.63) is 34.1 Å². The molecule has 2 fully saturated rings. The molecule has 1 amide bonds. The lowest BCUT2D eigenvalue weighted by atomic mass is 9.78. The Kier molecular flexibility index (Phi) is 3.82. The molecule has 1 spiro atoms. The minimum Gasteiger partial charge on any atom is -0.339 e. The second kappa shape index (κ2) is 5.45. The normalized spacial score (nSPS) is 21.4. The maximum absolute atomic E-state index is 13.4. The molecule has 0 saturated carbocycles. The predicted molar refractivity (Wildman–Crippen MR) is 79.2 cm³/mol. The zero-order valence-electron chi connectivity index (χ0n) is 11.3. The fraction of sp³-hybridized carbons (Fsp3) is 0.533. The number of carbonyl (C=O) groups is 1. The SMILES string of the molecule is O=C(c1cc(F)cc(Br)c1)N1CCC2(CCNC2)CC1. The molecule has 2 aliphatic rings. The largest absolute Gasteiger partial charge is 0.339 e. The number of carbonyl (C=O) groups excluding carboxylic acids is 1.